The van der Waals surface area contributed by atoms with Gasteiger partial charge in [0.1, 0.15) is 0 Å². The molecular formula is C22H44Sn. The van der Waals surface area contributed by atoms with E-state index in [0.29, 0.717) is 0 Å². The van der Waals surface area contributed by atoms with E-state index < -0.39 is 18.4 Å². The van der Waals surface area contributed by atoms with E-state index in [0.717, 1.165) is 5.92 Å². The van der Waals surface area contributed by atoms with Crippen LogP contribution in [0.15, 0.2) is 11.1 Å². The summed E-state index contributed by atoms with van der Waals surface area (Å²) in [6.45, 7) is 12.2. The molecule has 0 amide bonds. The molecule has 136 valence electrons. The summed E-state index contributed by atoms with van der Waals surface area (Å²) in [5, 5.41) is 0. The zero-order valence-electron chi connectivity index (χ0n) is 17.0. The molecule has 0 saturated heterocycles. The third kappa shape index (κ3) is 7.97. The van der Waals surface area contributed by atoms with Gasteiger partial charge in [0.05, 0.1) is 0 Å². The number of hydrogen-bond donors (Lipinski definition) is 0. The third-order valence-electron chi connectivity index (χ3n) is 6.30. The first-order chi connectivity index (χ1) is 11.1. The van der Waals surface area contributed by atoms with Gasteiger partial charge in [0, 0.05) is 0 Å². The standard InChI is InChI=1S/C10H17.3C4H9.Sn/c1-8(2)10-6-4-9(3)5-7-10;3*1-3-4-2;/h9H,1,4-7H2,2-3H3;3*1,3-4H2,2H3;. The van der Waals surface area contributed by atoms with Crippen LogP contribution in [0.3, 0.4) is 0 Å². The van der Waals surface area contributed by atoms with Gasteiger partial charge < -0.3 is 0 Å². The van der Waals surface area contributed by atoms with Crippen molar-refractivity contribution in [1.29, 1.82) is 0 Å². The Labute approximate surface area is 151 Å². The van der Waals surface area contributed by atoms with Gasteiger partial charge >= 0.3 is 152 Å². The fourth-order valence-corrected chi connectivity index (χ4v) is 21.5. The van der Waals surface area contributed by atoms with Crippen LogP contribution in [-0.2, 0) is 0 Å². The molecule has 1 saturated carbocycles. The topological polar surface area (TPSA) is 0 Å². The molecule has 0 spiro atoms. The molecular weight excluding hydrogens is 383 g/mol. The van der Waals surface area contributed by atoms with E-state index in [1.54, 1.807) is 17.7 Å². The van der Waals surface area contributed by atoms with Crippen LogP contribution in [0, 0.1) is 5.92 Å². The van der Waals surface area contributed by atoms with Crippen molar-refractivity contribution >= 4 is 18.4 Å². The van der Waals surface area contributed by atoms with Crippen LogP contribution in [0.1, 0.15) is 98.8 Å². The number of rotatable bonds is 11. The van der Waals surface area contributed by atoms with Crippen molar-refractivity contribution in [2.75, 3.05) is 0 Å². The summed E-state index contributed by atoms with van der Waals surface area (Å²) in [7, 11) is 0. The zero-order chi connectivity index (χ0) is 17.1. The molecule has 0 radical (unpaired) electrons. The van der Waals surface area contributed by atoms with Crippen LogP contribution in [0.5, 0.6) is 0 Å². The molecule has 0 bridgehead atoms. The summed E-state index contributed by atoms with van der Waals surface area (Å²) in [5.41, 5.74) is 3.75. The molecule has 0 aromatic carbocycles. The average Bonchev–Trinajstić information content (AvgIpc) is 2.56. The molecule has 0 unspecified atom stereocenters. The van der Waals surface area contributed by atoms with E-state index in [-0.39, 0.29) is 0 Å². The first kappa shape index (κ1) is 21.6. The minimum absolute atomic E-state index is 0.972. The maximum absolute atomic E-state index is 2.53. The number of unbranched alkanes of at least 4 members (excludes halogenated alkanes) is 3. The average molecular weight is 427 g/mol. The molecule has 0 nitrogen and oxygen atoms in total. The van der Waals surface area contributed by atoms with E-state index in [4.69, 9.17) is 0 Å². The van der Waals surface area contributed by atoms with Gasteiger partial charge in [-0.1, -0.05) is 0 Å². The van der Waals surface area contributed by atoms with Gasteiger partial charge in [0.2, 0.25) is 0 Å². The molecule has 0 N–H and O–H groups in total. The molecule has 1 rings (SSSR count). The Bertz CT molecular complexity index is 310. The first-order valence-electron chi connectivity index (χ1n) is 10.7. The van der Waals surface area contributed by atoms with Crippen LogP contribution >= 0.6 is 0 Å². The molecule has 0 atom stereocenters. The van der Waals surface area contributed by atoms with Crippen LogP contribution in [0.4, 0.5) is 0 Å². The van der Waals surface area contributed by atoms with Crippen molar-refractivity contribution in [3.63, 3.8) is 0 Å². The Morgan fingerprint density at radius 2 is 1.30 bits per heavy atom. The number of allylic oxidation sites excluding steroid dienone is 2. The van der Waals surface area contributed by atoms with E-state index in [1.165, 1.54) is 64.2 Å². The van der Waals surface area contributed by atoms with Crippen molar-refractivity contribution in [2.24, 2.45) is 5.92 Å². The predicted molar refractivity (Wildman–Crippen MR) is 110 cm³/mol. The second kappa shape index (κ2) is 12.0. The monoisotopic (exact) mass is 428 g/mol. The van der Waals surface area contributed by atoms with E-state index in [1.807, 2.05) is 11.1 Å². The summed E-state index contributed by atoms with van der Waals surface area (Å²) >= 11 is -1.95. The summed E-state index contributed by atoms with van der Waals surface area (Å²) in [5.74, 6) is 0.972. The Morgan fingerprint density at radius 1 is 0.870 bits per heavy atom. The zero-order valence-corrected chi connectivity index (χ0v) is 19.8. The molecule has 0 aliphatic heterocycles. The fraction of sp³-hybridized carbons (Fsp3) is 0.909. The quantitative estimate of drug-likeness (QED) is 0.230. The molecule has 1 aliphatic rings. The normalized spacial score (nSPS) is 19.2. The van der Waals surface area contributed by atoms with Crippen LogP contribution in [0.25, 0.3) is 0 Å². The van der Waals surface area contributed by atoms with Crippen molar-refractivity contribution in [1.82, 2.24) is 0 Å². The van der Waals surface area contributed by atoms with E-state index in [2.05, 4.69) is 34.6 Å². The second-order valence-corrected chi connectivity index (χ2v) is 22.4. The number of hydrogen-bond acceptors (Lipinski definition) is 0. The molecule has 0 aromatic rings. The van der Waals surface area contributed by atoms with Gasteiger partial charge in [0.25, 0.3) is 0 Å². The molecule has 1 fully saturated rings. The molecule has 0 aromatic heterocycles. The van der Waals surface area contributed by atoms with Gasteiger partial charge in [-0.3, -0.25) is 0 Å². The first-order valence-corrected chi connectivity index (χ1v) is 18.8. The van der Waals surface area contributed by atoms with Gasteiger partial charge in [0.15, 0.2) is 0 Å². The Balaban J connectivity index is 2.84. The van der Waals surface area contributed by atoms with Crippen molar-refractivity contribution in [3.8, 4) is 0 Å². The Kier molecular flexibility index (Phi) is 11.2. The summed E-state index contributed by atoms with van der Waals surface area (Å²) < 4.78 is 6.63. The third-order valence-corrected chi connectivity index (χ3v) is 22.1. The molecule has 1 heteroatoms. The summed E-state index contributed by atoms with van der Waals surface area (Å²) in [6, 6.07) is 0. The molecule has 23 heavy (non-hydrogen) atoms. The summed E-state index contributed by atoms with van der Waals surface area (Å²) in [4.78, 5) is 0. The van der Waals surface area contributed by atoms with Crippen molar-refractivity contribution in [2.45, 2.75) is 117 Å². The fourth-order valence-electron chi connectivity index (χ4n) is 4.52. The Morgan fingerprint density at radius 3 is 1.70 bits per heavy atom. The van der Waals surface area contributed by atoms with Gasteiger partial charge in [-0.25, -0.2) is 0 Å². The minimum atomic E-state index is -1.95. The Hall–Kier alpha value is 0.539. The van der Waals surface area contributed by atoms with Crippen molar-refractivity contribution in [3.05, 3.63) is 11.1 Å². The molecule has 0 heterocycles. The van der Waals surface area contributed by atoms with Gasteiger partial charge in [-0.05, 0) is 0 Å². The second-order valence-electron chi connectivity index (χ2n) is 8.55. The van der Waals surface area contributed by atoms with E-state index in [9.17, 15) is 0 Å². The summed E-state index contributed by atoms with van der Waals surface area (Å²) in [6.07, 6.45) is 14.5. The van der Waals surface area contributed by atoms with Gasteiger partial charge in [-0.15, -0.1) is 0 Å². The van der Waals surface area contributed by atoms with Crippen LogP contribution in [0.2, 0.25) is 17.7 Å². The van der Waals surface area contributed by atoms with E-state index >= 15 is 0 Å². The van der Waals surface area contributed by atoms with Crippen LogP contribution < -0.4 is 0 Å². The molecule has 1 aliphatic carbocycles. The van der Waals surface area contributed by atoms with Crippen LogP contribution in [-0.4, -0.2) is 18.4 Å². The maximum atomic E-state index is 2.53. The predicted octanol–water partition coefficient (Wildman–Crippen LogP) is 8.36. The SMILES string of the molecule is CCC[CH2][Sn]([CH2]CCC)([CH2]CCC)[CH2]C(C)=C1CCC(C)CC1. The van der Waals surface area contributed by atoms with Crippen molar-refractivity contribution < 1.29 is 0 Å². The van der Waals surface area contributed by atoms with Gasteiger partial charge in [-0.2, -0.15) is 0 Å².